The lowest BCUT2D eigenvalue weighted by atomic mass is 10.1. The molecule has 29 heavy (non-hydrogen) atoms. The highest BCUT2D eigenvalue weighted by Gasteiger charge is 2.26. The molecule has 1 aliphatic heterocycles. The molecule has 2 aromatic rings. The first-order chi connectivity index (χ1) is 13.9. The zero-order chi connectivity index (χ0) is 20.9. The summed E-state index contributed by atoms with van der Waals surface area (Å²) in [4.78, 5) is 12.3. The number of nitrogens with zero attached hydrogens (tertiary/aromatic N) is 1. The summed E-state index contributed by atoms with van der Waals surface area (Å²) in [5.41, 5.74) is 4.14. The van der Waals surface area contributed by atoms with Crippen LogP contribution in [-0.2, 0) is 37.3 Å². The molecule has 1 aliphatic rings. The lowest BCUT2D eigenvalue weighted by molar-refractivity contribution is -0.144. The van der Waals surface area contributed by atoms with E-state index in [1.807, 2.05) is 32.0 Å². The topological polar surface area (TPSA) is 72.9 Å². The molecule has 0 bridgehead atoms. The molecule has 0 N–H and O–H groups in total. The van der Waals surface area contributed by atoms with E-state index < -0.39 is 10.0 Å². The average Bonchev–Trinajstić information content (AvgIpc) is 2.74. The van der Waals surface area contributed by atoms with Crippen molar-refractivity contribution in [3.8, 4) is 0 Å². The summed E-state index contributed by atoms with van der Waals surface area (Å²) < 4.78 is 37.3. The van der Waals surface area contributed by atoms with Crippen LogP contribution in [0.2, 0.25) is 0 Å². The van der Waals surface area contributed by atoms with Crippen LogP contribution in [0.5, 0.6) is 0 Å². The van der Waals surface area contributed by atoms with E-state index in [1.54, 1.807) is 24.3 Å². The van der Waals surface area contributed by atoms with E-state index in [4.69, 9.17) is 9.47 Å². The highest BCUT2D eigenvalue weighted by atomic mass is 32.2. The van der Waals surface area contributed by atoms with Crippen LogP contribution in [0.4, 0.5) is 0 Å². The molecule has 6 nitrogen and oxygen atoms in total. The fourth-order valence-corrected chi connectivity index (χ4v) is 4.60. The number of morpholine rings is 1. The maximum Gasteiger partial charge on any atom is 0.306 e. The van der Waals surface area contributed by atoms with E-state index in [-0.39, 0.29) is 23.9 Å². The molecule has 0 spiro atoms. The Bertz CT molecular complexity index is 948. The summed E-state index contributed by atoms with van der Waals surface area (Å²) in [5, 5.41) is 0. The van der Waals surface area contributed by atoms with E-state index >= 15 is 0 Å². The molecule has 2 aromatic carbocycles. The van der Waals surface area contributed by atoms with Gasteiger partial charge in [-0.1, -0.05) is 35.9 Å². The molecular weight excluding hydrogens is 390 g/mol. The van der Waals surface area contributed by atoms with Crippen LogP contribution in [0.1, 0.15) is 28.7 Å². The van der Waals surface area contributed by atoms with E-state index in [1.165, 1.54) is 4.31 Å². The number of hydrogen-bond donors (Lipinski definition) is 0. The lowest BCUT2D eigenvalue weighted by Crippen LogP contribution is -2.40. The summed E-state index contributed by atoms with van der Waals surface area (Å²) >= 11 is 0. The molecule has 1 heterocycles. The summed E-state index contributed by atoms with van der Waals surface area (Å²) in [7, 11) is -3.50. The molecule has 0 saturated carbocycles. The zero-order valence-electron chi connectivity index (χ0n) is 16.9. The summed E-state index contributed by atoms with van der Waals surface area (Å²) in [6.45, 7) is 5.85. The third-order valence-corrected chi connectivity index (χ3v) is 6.96. The molecule has 156 valence electrons. The Morgan fingerprint density at radius 2 is 1.76 bits per heavy atom. The van der Waals surface area contributed by atoms with Gasteiger partial charge in [0.05, 0.1) is 18.1 Å². The second-order valence-corrected chi connectivity index (χ2v) is 9.19. The van der Waals surface area contributed by atoms with E-state index in [0.29, 0.717) is 32.7 Å². The fraction of sp³-hybridized carbons (Fsp3) is 0.409. The van der Waals surface area contributed by atoms with Gasteiger partial charge < -0.3 is 9.47 Å². The SMILES string of the molecule is Cc1ccc(C)c(COC(=O)CCc2ccc(S(=O)(=O)N3CCOCC3)cc2)c1. The van der Waals surface area contributed by atoms with Gasteiger partial charge in [0.2, 0.25) is 10.0 Å². The first-order valence-electron chi connectivity index (χ1n) is 9.75. The first-order valence-corrected chi connectivity index (χ1v) is 11.2. The van der Waals surface area contributed by atoms with Gasteiger partial charge in [-0.3, -0.25) is 4.79 Å². The van der Waals surface area contributed by atoms with Crippen molar-refractivity contribution in [1.29, 1.82) is 0 Å². The third-order valence-electron chi connectivity index (χ3n) is 5.04. The molecule has 0 radical (unpaired) electrons. The Morgan fingerprint density at radius 1 is 1.07 bits per heavy atom. The van der Waals surface area contributed by atoms with Crippen LogP contribution in [0.3, 0.4) is 0 Å². The third kappa shape index (κ3) is 5.65. The second-order valence-electron chi connectivity index (χ2n) is 7.25. The largest absolute Gasteiger partial charge is 0.461 e. The molecular formula is C22H27NO5S. The van der Waals surface area contributed by atoms with Crippen LogP contribution < -0.4 is 0 Å². The van der Waals surface area contributed by atoms with E-state index in [0.717, 1.165) is 22.3 Å². The number of aryl methyl sites for hydroxylation is 3. The molecule has 0 atom stereocenters. The van der Waals surface area contributed by atoms with Gasteiger partial charge in [0.15, 0.2) is 0 Å². The molecule has 0 amide bonds. The minimum Gasteiger partial charge on any atom is -0.461 e. The van der Waals surface area contributed by atoms with Crippen LogP contribution in [0, 0.1) is 13.8 Å². The van der Waals surface area contributed by atoms with Crippen LogP contribution in [0.15, 0.2) is 47.4 Å². The highest BCUT2D eigenvalue weighted by Crippen LogP contribution is 2.18. The van der Waals surface area contributed by atoms with Crippen molar-refractivity contribution in [2.75, 3.05) is 26.3 Å². The smallest absolute Gasteiger partial charge is 0.306 e. The van der Waals surface area contributed by atoms with Crippen molar-refractivity contribution in [1.82, 2.24) is 4.31 Å². The van der Waals surface area contributed by atoms with Gasteiger partial charge in [-0.05, 0) is 49.1 Å². The van der Waals surface area contributed by atoms with Gasteiger partial charge in [-0.25, -0.2) is 8.42 Å². The summed E-state index contributed by atoms with van der Waals surface area (Å²) in [5.74, 6) is -0.268. The number of carbonyl (C=O) groups is 1. The predicted octanol–water partition coefficient (Wildman–Crippen LogP) is 3.00. The number of hydrogen-bond acceptors (Lipinski definition) is 5. The lowest BCUT2D eigenvalue weighted by Gasteiger charge is -2.26. The van der Waals surface area contributed by atoms with Crippen molar-refractivity contribution >= 4 is 16.0 Å². The highest BCUT2D eigenvalue weighted by molar-refractivity contribution is 7.89. The number of rotatable bonds is 7. The fourth-order valence-electron chi connectivity index (χ4n) is 3.20. The molecule has 3 rings (SSSR count). The molecule has 0 aromatic heterocycles. The van der Waals surface area contributed by atoms with Crippen LogP contribution in [-0.4, -0.2) is 45.0 Å². The molecule has 7 heteroatoms. The van der Waals surface area contributed by atoms with Crippen LogP contribution >= 0.6 is 0 Å². The molecule has 0 unspecified atom stereocenters. The Labute approximate surface area is 172 Å². The monoisotopic (exact) mass is 417 g/mol. The zero-order valence-corrected chi connectivity index (χ0v) is 17.7. The van der Waals surface area contributed by atoms with Crippen molar-refractivity contribution < 1.29 is 22.7 Å². The van der Waals surface area contributed by atoms with E-state index in [9.17, 15) is 13.2 Å². The summed E-state index contributed by atoms with van der Waals surface area (Å²) in [6, 6.07) is 12.8. The maximum atomic E-state index is 12.6. The van der Waals surface area contributed by atoms with Crippen molar-refractivity contribution in [2.24, 2.45) is 0 Å². The average molecular weight is 418 g/mol. The van der Waals surface area contributed by atoms with Gasteiger partial charge in [-0.2, -0.15) is 4.31 Å². The predicted molar refractivity (Wildman–Crippen MR) is 110 cm³/mol. The first kappa shape index (κ1) is 21.5. The van der Waals surface area contributed by atoms with Crippen LogP contribution in [0.25, 0.3) is 0 Å². The Morgan fingerprint density at radius 3 is 2.45 bits per heavy atom. The Hall–Kier alpha value is -2.22. The maximum absolute atomic E-state index is 12.6. The number of benzene rings is 2. The molecule has 0 aliphatic carbocycles. The Kier molecular flexibility index (Phi) is 7.05. The number of ether oxygens (including phenoxy) is 2. The number of esters is 1. The van der Waals surface area contributed by atoms with Crippen molar-refractivity contribution in [3.05, 3.63) is 64.7 Å². The normalized spacial score (nSPS) is 15.2. The quantitative estimate of drug-likeness (QED) is 0.648. The van der Waals surface area contributed by atoms with Crippen molar-refractivity contribution in [3.63, 3.8) is 0 Å². The number of sulfonamides is 1. The minimum absolute atomic E-state index is 0.250. The van der Waals surface area contributed by atoms with Gasteiger partial charge in [0.25, 0.3) is 0 Å². The molecule has 1 fully saturated rings. The van der Waals surface area contributed by atoms with Gasteiger partial charge in [-0.15, -0.1) is 0 Å². The van der Waals surface area contributed by atoms with Gasteiger partial charge >= 0.3 is 5.97 Å². The minimum atomic E-state index is -3.50. The Balaban J connectivity index is 1.52. The number of carbonyl (C=O) groups excluding carboxylic acids is 1. The van der Waals surface area contributed by atoms with Crippen molar-refractivity contribution in [2.45, 2.75) is 38.2 Å². The molecule has 1 saturated heterocycles. The van der Waals surface area contributed by atoms with Gasteiger partial charge in [0.1, 0.15) is 6.61 Å². The second kappa shape index (κ2) is 9.52. The van der Waals surface area contributed by atoms with E-state index in [2.05, 4.69) is 0 Å². The van der Waals surface area contributed by atoms with Gasteiger partial charge in [0, 0.05) is 19.5 Å². The standard InChI is InChI=1S/C22H27NO5S/c1-17-3-4-18(2)20(15-17)16-28-22(24)10-7-19-5-8-21(9-6-19)29(25,26)23-11-13-27-14-12-23/h3-6,8-9,15H,7,10-14,16H2,1-2H3. The summed E-state index contributed by atoms with van der Waals surface area (Å²) in [6.07, 6.45) is 0.754.